The van der Waals surface area contributed by atoms with E-state index in [1.165, 1.54) is 12.8 Å². The maximum absolute atomic E-state index is 12.7. The number of amides is 1. The number of nitrogens with one attached hydrogen (secondary N) is 3. The number of aliphatic hydroxyl groups is 1. The lowest BCUT2D eigenvalue weighted by molar-refractivity contribution is 0.0912. The summed E-state index contributed by atoms with van der Waals surface area (Å²) in [5.74, 6) is 0.347. The average Bonchev–Trinajstić information content (AvgIpc) is 3.46. The SMILES string of the molecule is Cc1cnc(NC2CCCC2)nc1-c1c[nH]c(C(=O)N[C@H](CO)c2ccccc2)c1. The van der Waals surface area contributed by atoms with Gasteiger partial charge in [-0.1, -0.05) is 43.2 Å². The van der Waals surface area contributed by atoms with Crippen LogP contribution in [0.4, 0.5) is 5.95 Å². The average molecular weight is 406 g/mol. The summed E-state index contributed by atoms with van der Waals surface area (Å²) < 4.78 is 0. The minimum Gasteiger partial charge on any atom is -0.394 e. The summed E-state index contributed by atoms with van der Waals surface area (Å²) in [6.45, 7) is 1.78. The van der Waals surface area contributed by atoms with Crippen molar-refractivity contribution in [1.82, 2.24) is 20.3 Å². The van der Waals surface area contributed by atoms with E-state index in [0.29, 0.717) is 17.7 Å². The molecule has 7 nitrogen and oxygen atoms in total. The van der Waals surface area contributed by atoms with Crippen molar-refractivity contribution < 1.29 is 9.90 Å². The van der Waals surface area contributed by atoms with Crippen molar-refractivity contribution in [2.24, 2.45) is 0 Å². The first-order chi connectivity index (χ1) is 14.6. The summed E-state index contributed by atoms with van der Waals surface area (Å²) in [6, 6.07) is 11.2. The zero-order valence-corrected chi connectivity index (χ0v) is 17.1. The number of aromatic amines is 1. The quantitative estimate of drug-likeness (QED) is 0.481. The Morgan fingerprint density at radius 2 is 2.03 bits per heavy atom. The third-order valence-electron chi connectivity index (χ3n) is 5.55. The number of anilines is 1. The van der Waals surface area contributed by atoms with Crippen LogP contribution in [0.25, 0.3) is 11.3 Å². The Bertz CT molecular complexity index is 996. The van der Waals surface area contributed by atoms with Gasteiger partial charge >= 0.3 is 0 Å². The minimum absolute atomic E-state index is 0.176. The number of hydrogen-bond donors (Lipinski definition) is 4. The number of benzene rings is 1. The molecule has 7 heteroatoms. The maximum atomic E-state index is 12.7. The van der Waals surface area contributed by atoms with E-state index in [1.807, 2.05) is 43.5 Å². The number of H-pyrrole nitrogens is 1. The molecule has 1 fully saturated rings. The molecule has 1 aliphatic carbocycles. The van der Waals surface area contributed by atoms with Gasteiger partial charge in [0.1, 0.15) is 5.69 Å². The summed E-state index contributed by atoms with van der Waals surface area (Å²) in [5.41, 5.74) is 3.84. The third-order valence-corrected chi connectivity index (χ3v) is 5.55. The van der Waals surface area contributed by atoms with Crippen molar-refractivity contribution >= 4 is 11.9 Å². The molecule has 0 aliphatic heterocycles. The molecule has 30 heavy (non-hydrogen) atoms. The molecule has 0 spiro atoms. The van der Waals surface area contributed by atoms with Crippen LogP contribution in [0, 0.1) is 6.92 Å². The lowest BCUT2D eigenvalue weighted by atomic mass is 10.1. The Morgan fingerprint density at radius 3 is 2.77 bits per heavy atom. The van der Waals surface area contributed by atoms with Crippen LogP contribution in [0.5, 0.6) is 0 Å². The number of rotatable bonds is 7. The van der Waals surface area contributed by atoms with Crippen LogP contribution < -0.4 is 10.6 Å². The van der Waals surface area contributed by atoms with Crippen molar-refractivity contribution in [3.63, 3.8) is 0 Å². The van der Waals surface area contributed by atoms with Gasteiger partial charge in [-0.3, -0.25) is 4.79 Å². The second-order valence-corrected chi connectivity index (χ2v) is 7.77. The van der Waals surface area contributed by atoms with Crippen molar-refractivity contribution in [1.29, 1.82) is 0 Å². The first-order valence-electron chi connectivity index (χ1n) is 10.4. The van der Waals surface area contributed by atoms with Crippen LogP contribution in [-0.2, 0) is 0 Å². The van der Waals surface area contributed by atoms with E-state index in [0.717, 1.165) is 35.2 Å². The lowest BCUT2D eigenvalue weighted by Gasteiger charge is -2.16. The molecule has 0 bridgehead atoms. The van der Waals surface area contributed by atoms with Gasteiger partial charge in [-0.2, -0.15) is 0 Å². The summed E-state index contributed by atoms with van der Waals surface area (Å²) in [6.07, 6.45) is 8.36. The molecule has 2 aromatic heterocycles. The Morgan fingerprint density at radius 1 is 1.27 bits per heavy atom. The molecule has 1 atom stereocenters. The molecule has 1 aromatic carbocycles. The standard InChI is InChI=1S/C23H27N5O2/c1-15-12-25-23(26-18-9-5-6-10-18)28-21(15)17-11-19(24-13-17)22(30)27-20(14-29)16-7-3-2-4-8-16/h2-4,7-8,11-13,18,20,24,29H,5-6,9-10,14H2,1H3,(H,27,30)(H,25,26,28)/t20-/m1/s1. The molecule has 1 saturated carbocycles. The van der Waals surface area contributed by atoms with Crippen LogP contribution in [0.3, 0.4) is 0 Å². The van der Waals surface area contributed by atoms with Crippen LogP contribution in [0.1, 0.15) is 53.3 Å². The van der Waals surface area contributed by atoms with E-state index in [4.69, 9.17) is 0 Å². The van der Waals surface area contributed by atoms with Gasteiger partial charge in [-0.25, -0.2) is 9.97 Å². The van der Waals surface area contributed by atoms with Crippen LogP contribution in [0.15, 0.2) is 48.8 Å². The number of nitrogens with zero attached hydrogens (tertiary/aromatic N) is 2. The van der Waals surface area contributed by atoms with Gasteiger partial charge in [-0.05, 0) is 37.0 Å². The van der Waals surface area contributed by atoms with Crippen LogP contribution in [0.2, 0.25) is 0 Å². The number of aliphatic hydroxyl groups excluding tert-OH is 1. The van der Waals surface area contributed by atoms with Gasteiger partial charge in [0, 0.05) is 24.0 Å². The molecular weight excluding hydrogens is 378 g/mol. The topological polar surface area (TPSA) is 103 Å². The molecule has 0 unspecified atom stereocenters. The zero-order chi connectivity index (χ0) is 20.9. The highest BCUT2D eigenvalue weighted by molar-refractivity contribution is 5.94. The largest absolute Gasteiger partial charge is 0.394 e. The zero-order valence-electron chi connectivity index (χ0n) is 17.1. The Labute approximate surface area is 176 Å². The molecule has 1 amide bonds. The molecule has 4 N–H and O–H groups in total. The number of aromatic nitrogens is 3. The van der Waals surface area contributed by atoms with E-state index in [-0.39, 0.29) is 12.5 Å². The Balaban J connectivity index is 1.50. The highest BCUT2D eigenvalue weighted by atomic mass is 16.3. The first kappa shape index (κ1) is 20.1. The van der Waals surface area contributed by atoms with Gasteiger partial charge < -0.3 is 20.7 Å². The summed E-state index contributed by atoms with van der Waals surface area (Å²) in [5, 5.41) is 16.0. The Kier molecular flexibility index (Phi) is 6.09. The molecular formula is C23H27N5O2. The fraction of sp³-hybridized carbons (Fsp3) is 0.348. The van der Waals surface area contributed by atoms with E-state index in [1.54, 1.807) is 12.3 Å². The van der Waals surface area contributed by atoms with Crippen LogP contribution in [-0.4, -0.2) is 38.6 Å². The molecule has 1 aliphatic rings. The smallest absolute Gasteiger partial charge is 0.268 e. The molecule has 2 heterocycles. The van der Waals surface area contributed by atoms with Gasteiger partial charge in [0.25, 0.3) is 5.91 Å². The third kappa shape index (κ3) is 4.52. The summed E-state index contributed by atoms with van der Waals surface area (Å²) in [4.78, 5) is 24.8. The fourth-order valence-electron chi connectivity index (χ4n) is 3.87. The van der Waals surface area contributed by atoms with Gasteiger partial charge in [0.05, 0.1) is 18.3 Å². The predicted octanol–water partition coefficient (Wildman–Crippen LogP) is 3.60. The van der Waals surface area contributed by atoms with Crippen molar-refractivity contribution in [3.8, 4) is 11.3 Å². The predicted molar refractivity (Wildman–Crippen MR) is 116 cm³/mol. The van der Waals surface area contributed by atoms with Gasteiger partial charge in [0.2, 0.25) is 5.95 Å². The number of carbonyl (C=O) groups excluding carboxylic acids is 1. The van der Waals surface area contributed by atoms with Gasteiger partial charge in [-0.15, -0.1) is 0 Å². The highest BCUT2D eigenvalue weighted by Gasteiger charge is 2.19. The van der Waals surface area contributed by atoms with Crippen molar-refractivity contribution in [2.75, 3.05) is 11.9 Å². The van der Waals surface area contributed by atoms with E-state index < -0.39 is 6.04 Å². The molecule has 0 saturated heterocycles. The number of hydrogen-bond acceptors (Lipinski definition) is 5. The molecule has 0 radical (unpaired) electrons. The molecule has 4 rings (SSSR count). The number of aryl methyl sites for hydroxylation is 1. The molecule has 156 valence electrons. The van der Waals surface area contributed by atoms with Crippen molar-refractivity contribution in [2.45, 2.75) is 44.7 Å². The first-order valence-corrected chi connectivity index (χ1v) is 10.4. The van der Waals surface area contributed by atoms with Crippen molar-refractivity contribution in [3.05, 3.63) is 65.6 Å². The Hall–Kier alpha value is -3.19. The summed E-state index contributed by atoms with van der Waals surface area (Å²) >= 11 is 0. The number of carbonyl (C=O) groups is 1. The second-order valence-electron chi connectivity index (χ2n) is 7.77. The van der Waals surface area contributed by atoms with E-state index >= 15 is 0 Å². The lowest BCUT2D eigenvalue weighted by Crippen LogP contribution is -2.30. The van der Waals surface area contributed by atoms with E-state index in [9.17, 15) is 9.90 Å². The van der Waals surface area contributed by atoms with Crippen LogP contribution >= 0.6 is 0 Å². The van der Waals surface area contributed by atoms with Gasteiger partial charge in [0.15, 0.2) is 0 Å². The monoisotopic (exact) mass is 405 g/mol. The minimum atomic E-state index is -0.464. The maximum Gasteiger partial charge on any atom is 0.268 e. The normalized spacial score (nSPS) is 15.1. The molecule has 3 aromatic rings. The second kappa shape index (κ2) is 9.09. The highest BCUT2D eigenvalue weighted by Crippen LogP contribution is 2.25. The summed E-state index contributed by atoms with van der Waals surface area (Å²) in [7, 11) is 0. The fourth-order valence-corrected chi connectivity index (χ4v) is 3.87. The van der Waals surface area contributed by atoms with E-state index in [2.05, 4.69) is 25.6 Å².